The molecule has 0 aliphatic heterocycles. The molecule has 0 fully saturated rings. The highest BCUT2D eigenvalue weighted by Gasteiger charge is 2.23. The average molecular weight is 287 g/mol. The fourth-order valence-electron chi connectivity index (χ4n) is 3.01. The van der Waals surface area contributed by atoms with E-state index >= 15 is 0 Å². The van der Waals surface area contributed by atoms with Crippen LogP contribution < -0.4 is 5.73 Å². The normalized spacial score (nSPS) is 13.2. The Morgan fingerprint density at radius 2 is 2.05 bits per heavy atom. The van der Waals surface area contributed by atoms with Crippen LogP contribution in [-0.4, -0.2) is 19.3 Å². The summed E-state index contributed by atoms with van der Waals surface area (Å²) in [4.78, 5) is 4.49. The number of imidazole rings is 1. The fraction of sp³-hybridized carbons (Fsp3) is 0.467. The summed E-state index contributed by atoms with van der Waals surface area (Å²) >= 11 is 0. The van der Waals surface area contributed by atoms with Crippen LogP contribution in [0.5, 0.6) is 0 Å². The molecule has 112 valence electrons. The maximum atomic E-state index is 6.17. The first-order valence-electron chi connectivity index (χ1n) is 7.21. The minimum absolute atomic E-state index is 0.0499. The number of furan rings is 1. The number of nitrogens with zero attached hydrogens (tertiary/aromatic N) is 4. The summed E-state index contributed by atoms with van der Waals surface area (Å²) in [5.74, 6) is 2.34. The maximum Gasteiger partial charge on any atom is 0.203 e. The van der Waals surface area contributed by atoms with Gasteiger partial charge in [-0.3, -0.25) is 4.57 Å². The second-order valence-electron chi connectivity index (χ2n) is 5.46. The number of nitrogens with two attached hydrogens (primary N) is 1. The number of aryl methyl sites for hydroxylation is 4. The lowest BCUT2D eigenvalue weighted by atomic mass is 10.1. The molecule has 6 nitrogen and oxygen atoms in total. The van der Waals surface area contributed by atoms with E-state index in [2.05, 4.69) is 30.0 Å². The van der Waals surface area contributed by atoms with E-state index < -0.39 is 0 Å². The zero-order valence-corrected chi connectivity index (χ0v) is 13.1. The van der Waals surface area contributed by atoms with Crippen molar-refractivity contribution >= 4 is 17.1 Å². The molecule has 1 atom stereocenters. The van der Waals surface area contributed by atoms with Gasteiger partial charge >= 0.3 is 0 Å². The molecule has 6 heteroatoms. The lowest BCUT2D eigenvalue weighted by Gasteiger charge is -2.16. The molecule has 2 N–H and O–H groups in total. The van der Waals surface area contributed by atoms with Crippen molar-refractivity contribution in [3.8, 4) is 0 Å². The van der Waals surface area contributed by atoms with Gasteiger partial charge in [-0.1, -0.05) is 0 Å². The number of fused-ring (bicyclic) bond motifs is 1. The van der Waals surface area contributed by atoms with Crippen LogP contribution in [0.4, 0.5) is 5.95 Å². The van der Waals surface area contributed by atoms with Crippen molar-refractivity contribution in [1.82, 2.24) is 19.3 Å². The molecule has 3 aromatic heterocycles. The van der Waals surface area contributed by atoms with Gasteiger partial charge < -0.3 is 10.2 Å². The molecule has 0 saturated carbocycles. The highest BCUT2D eigenvalue weighted by Crippen LogP contribution is 2.31. The quantitative estimate of drug-likeness (QED) is 0.803. The van der Waals surface area contributed by atoms with Crippen molar-refractivity contribution in [2.45, 2.75) is 47.2 Å². The van der Waals surface area contributed by atoms with Gasteiger partial charge in [0.2, 0.25) is 5.95 Å². The van der Waals surface area contributed by atoms with Crippen LogP contribution in [0.2, 0.25) is 0 Å². The number of aromatic nitrogens is 4. The molecule has 0 aliphatic rings. The summed E-state index contributed by atoms with van der Waals surface area (Å²) in [6.45, 7) is 10.9. The molecule has 3 aromatic rings. The van der Waals surface area contributed by atoms with Crippen molar-refractivity contribution in [3.63, 3.8) is 0 Å². The van der Waals surface area contributed by atoms with Crippen LogP contribution >= 0.6 is 0 Å². The third-order valence-electron chi connectivity index (χ3n) is 3.99. The molecule has 3 rings (SSSR count). The van der Waals surface area contributed by atoms with Crippen molar-refractivity contribution in [2.75, 3.05) is 5.73 Å². The minimum atomic E-state index is 0.0499. The molecule has 1 unspecified atom stereocenters. The van der Waals surface area contributed by atoms with E-state index in [9.17, 15) is 0 Å². The van der Waals surface area contributed by atoms with E-state index in [1.54, 1.807) is 0 Å². The lowest BCUT2D eigenvalue weighted by molar-refractivity contribution is 0.494. The van der Waals surface area contributed by atoms with Crippen LogP contribution in [0.15, 0.2) is 10.5 Å². The van der Waals surface area contributed by atoms with Crippen LogP contribution in [0.1, 0.15) is 42.7 Å². The third-order valence-corrected chi connectivity index (χ3v) is 3.99. The van der Waals surface area contributed by atoms with Crippen molar-refractivity contribution < 1.29 is 4.42 Å². The largest absolute Gasteiger partial charge is 0.466 e. The predicted octanol–water partition coefficient (Wildman–Crippen LogP) is 2.96. The van der Waals surface area contributed by atoms with Crippen molar-refractivity contribution in [1.29, 1.82) is 0 Å². The Balaban J connectivity index is 2.24. The predicted molar refractivity (Wildman–Crippen MR) is 82.3 cm³/mol. The molecular formula is C15H21N5O. The standard InChI is InChI=1S/C15H21N5O/c1-6-19-14-13(9(3)18-19)17-15(16)20(14)10(4)12-7-8(2)21-11(12)5/h7,10H,6H2,1-5H3,(H2,16,17). The Hall–Kier alpha value is -2.24. The van der Waals surface area contributed by atoms with Gasteiger partial charge in [0.1, 0.15) is 17.0 Å². The van der Waals surface area contributed by atoms with E-state index in [4.69, 9.17) is 10.2 Å². The molecule has 3 heterocycles. The highest BCUT2D eigenvalue weighted by atomic mass is 16.3. The van der Waals surface area contributed by atoms with Crippen molar-refractivity contribution in [3.05, 3.63) is 28.8 Å². The van der Waals surface area contributed by atoms with Crippen LogP contribution in [-0.2, 0) is 6.54 Å². The van der Waals surface area contributed by atoms with Crippen LogP contribution in [0.25, 0.3) is 11.2 Å². The number of nitrogen functional groups attached to an aromatic ring is 1. The smallest absolute Gasteiger partial charge is 0.203 e. The summed E-state index contributed by atoms with van der Waals surface area (Å²) < 4.78 is 9.64. The van der Waals surface area contributed by atoms with Crippen LogP contribution in [0.3, 0.4) is 0 Å². The monoisotopic (exact) mass is 287 g/mol. The zero-order chi connectivity index (χ0) is 15.3. The van der Waals surface area contributed by atoms with Gasteiger partial charge in [-0.15, -0.1) is 0 Å². The van der Waals surface area contributed by atoms with Gasteiger partial charge in [0.15, 0.2) is 5.65 Å². The number of rotatable bonds is 3. The molecule has 0 aliphatic carbocycles. The summed E-state index contributed by atoms with van der Waals surface area (Å²) in [5.41, 5.74) is 10.0. The first kappa shape index (κ1) is 13.7. The average Bonchev–Trinajstić information content (AvgIpc) is 3.03. The van der Waals surface area contributed by atoms with Gasteiger partial charge in [-0.2, -0.15) is 5.10 Å². The lowest BCUT2D eigenvalue weighted by Crippen LogP contribution is -2.13. The topological polar surface area (TPSA) is 74.8 Å². The zero-order valence-electron chi connectivity index (χ0n) is 13.1. The fourth-order valence-corrected chi connectivity index (χ4v) is 3.01. The second-order valence-corrected chi connectivity index (χ2v) is 5.46. The van der Waals surface area contributed by atoms with Gasteiger partial charge in [0.25, 0.3) is 0 Å². The van der Waals surface area contributed by atoms with E-state index in [1.165, 1.54) is 0 Å². The molecule has 0 saturated heterocycles. The van der Waals surface area contributed by atoms with Gasteiger partial charge in [0.05, 0.1) is 11.7 Å². The number of hydrogen-bond donors (Lipinski definition) is 1. The molecule has 0 radical (unpaired) electrons. The number of hydrogen-bond acceptors (Lipinski definition) is 4. The Morgan fingerprint density at radius 3 is 2.62 bits per heavy atom. The van der Waals surface area contributed by atoms with Crippen molar-refractivity contribution in [2.24, 2.45) is 0 Å². The molecule has 0 aromatic carbocycles. The SMILES string of the molecule is CCn1nc(C)c2nc(N)n(C(C)c3cc(C)oc3C)c21. The third kappa shape index (κ3) is 1.93. The summed E-state index contributed by atoms with van der Waals surface area (Å²) in [7, 11) is 0. The summed E-state index contributed by atoms with van der Waals surface area (Å²) in [6.07, 6.45) is 0. The molecule has 21 heavy (non-hydrogen) atoms. The Morgan fingerprint density at radius 1 is 1.33 bits per heavy atom. The Labute approximate surface area is 123 Å². The molecule has 0 amide bonds. The van der Waals surface area contributed by atoms with Crippen LogP contribution in [0, 0.1) is 20.8 Å². The first-order chi connectivity index (χ1) is 9.93. The van der Waals surface area contributed by atoms with E-state index in [0.29, 0.717) is 5.95 Å². The summed E-state index contributed by atoms with van der Waals surface area (Å²) in [6, 6.07) is 2.11. The first-order valence-corrected chi connectivity index (χ1v) is 7.21. The number of anilines is 1. The second kappa shape index (κ2) is 4.65. The van der Waals surface area contributed by atoms with Gasteiger partial charge in [0, 0.05) is 12.1 Å². The molecular weight excluding hydrogens is 266 g/mol. The van der Waals surface area contributed by atoms with E-state index in [0.717, 1.165) is 40.5 Å². The summed E-state index contributed by atoms with van der Waals surface area (Å²) in [5, 5.41) is 4.53. The van der Waals surface area contributed by atoms with Gasteiger partial charge in [-0.25, -0.2) is 9.67 Å². The highest BCUT2D eigenvalue weighted by molar-refractivity contribution is 5.78. The Bertz CT molecular complexity index is 808. The molecule has 0 bridgehead atoms. The Kier molecular flexibility index (Phi) is 3.04. The molecule has 0 spiro atoms. The van der Waals surface area contributed by atoms with E-state index in [-0.39, 0.29) is 6.04 Å². The van der Waals surface area contributed by atoms with Gasteiger partial charge in [-0.05, 0) is 40.7 Å². The van der Waals surface area contributed by atoms with E-state index in [1.807, 2.05) is 30.0 Å². The maximum absolute atomic E-state index is 6.17. The minimum Gasteiger partial charge on any atom is -0.466 e.